The van der Waals surface area contributed by atoms with E-state index in [1.165, 1.54) is 0 Å². The normalized spacial score (nSPS) is 10.3. The third-order valence-corrected chi connectivity index (χ3v) is 2.47. The number of nitrogens with two attached hydrogens (primary N) is 1. The van der Waals surface area contributed by atoms with Gasteiger partial charge in [-0.05, 0) is 18.7 Å². The fraction of sp³-hybridized carbons (Fsp3) is 0.231. The Hall–Kier alpha value is -2.14. The molecule has 5 heteroatoms. The highest BCUT2D eigenvalue weighted by Crippen LogP contribution is 2.05. The summed E-state index contributed by atoms with van der Waals surface area (Å²) in [4.78, 5) is 15.9. The molecule has 0 atom stereocenters. The fourth-order valence-corrected chi connectivity index (χ4v) is 1.66. The van der Waals surface area contributed by atoms with Gasteiger partial charge in [0.25, 0.3) is 0 Å². The van der Waals surface area contributed by atoms with E-state index in [-0.39, 0.29) is 12.5 Å². The Kier molecular flexibility index (Phi) is 4.09. The van der Waals surface area contributed by atoms with Crippen molar-refractivity contribution in [3.8, 4) is 0 Å². The van der Waals surface area contributed by atoms with E-state index in [0.29, 0.717) is 6.54 Å². The molecule has 18 heavy (non-hydrogen) atoms. The molecule has 0 radical (unpaired) electrons. The molecule has 1 aromatic heterocycles. The van der Waals surface area contributed by atoms with Crippen LogP contribution in [0, 0.1) is 0 Å². The molecular weight excluding hydrogens is 228 g/mol. The highest BCUT2D eigenvalue weighted by atomic mass is 16.1. The Morgan fingerprint density at radius 2 is 2.11 bits per heavy atom. The van der Waals surface area contributed by atoms with Gasteiger partial charge in [-0.1, -0.05) is 18.2 Å². The van der Waals surface area contributed by atoms with E-state index in [1.807, 2.05) is 36.5 Å². The van der Waals surface area contributed by atoms with Crippen LogP contribution in [0.1, 0.15) is 5.69 Å². The van der Waals surface area contributed by atoms with Crippen molar-refractivity contribution >= 4 is 11.6 Å². The van der Waals surface area contributed by atoms with Crippen LogP contribution in [0.5, 0.6) is 0 Å². The monoisotopic (exact) mass is 244 g/mol. The number of aromatic nitrogens is 2. The molecule has 2 rings (SSSR count). The van der Waals surface area contributed by atoms with Crippen LogP contribution in [0.3, 0.4) is 0 Å². The zero-order valence-electron chi connectivity index (χ0n) is 10.0. The topological polar surface area (TPSA) is 72.9 Å². The first-order chi connectivity index (χ1) is 8.78. The minimum atomic E-state index is -0.0714. The van der Waals surface area contributed by atoms with Crippen molar-refractivity contribution in [2.24, 2.45) is 5.73 Å². The van der Waals surface area contributed by atoms with Crippen LogP contribution in [0.2, 0.25) is 0 Å². The molecule has 1 amide bonds. The van der Waals surface area contributed by atoms with Gasteiger partial charge >= 0.3 is 0 Å². The largest absolute Gasteiger partial charge is 0.330 e. The van der Waals surface area contributed by atoms with E-state index in [4.69, 9.17) is 5.73 Å². The maximum absolute atomic E-state index is 11.8. The van der Waals surface area contributed by atoms with Crippen LogP contribution in [0.25, 0.3) is 0 Å². The van der Waals surface area contributed by atoms with E-state index in [1.54, 1.807) is 10.9 Å². The Bertz CT molecular complexity index is 507. The lowest BCUT2D eigenvalue weighted by molar-refractivity contribution is -0.116. The molecule has 0 spiro atoms. The molecule has 0 aliphatic heterocycles. The average Bonchev–Trinajstić information content (AvgIpc) is 2.78. The summed E-state index contributed by atoms with van der Waals surface area (Å²) in [7, 11) is 0. The summed E-state index contributed by atoms with van der Waals surface area (Å²) in [5.74, 6) is -0.0714. The summed E-state index contributed by atoms with van der Waals surface area (Å²) < 4.78 is 1.75. The second-order valence-corrected chi connectivity index (χ2v) is 3.99. The number of para-hydroxylation sites is 1. The quantitative estimate of drug-likeness (QED) is 0.824. The summed E-state index contributed by atoms with van der Waals surface area (Å²) in [5.41, 5.74) is 7.15. The third kappa shape index (κ3) is 3.43. The lowest BCUT2D eigenvalue weighted by Crippen LogP contribution is -2.17. The maximum atomic E-state index is 11.8. The zero-order valence-corrected chi connectivity index (χ0v) is 10.0. The Labute approximate surface area is 106 Å². The molecule has 1 heterocycles. The molecule has 0 saturated carbocycles. The number of hydrogen-bond donors (Lipinski definition) is 2. The summed E-state index contributed by atoms with van der Waals surface area (Å²) in [6.45, 7) is 0.819. The number of nitrogens with one attached hydrogen (secondary N) is 1. The number of hydrogen-bond acceptors (Lipinski definition) is 3. The number of nitrogens with zero attached hydrogens (tertiary/aromatic N) is 2. The van der Waals surface area contributed by atoms with Crippen LogP contribution in [0.15, 0.2) is 42.9 Å². The van der Waals surface area contributed by atoms with Crippen LogP contribution < -0.4 is 11.1 Å². The highest BCUT2D eigenvalue weighted by molar-refractivity contribution is 5.90. The van der Waals surface area contributed by atoms with Gasteiger partial charge in [-0.3, -0.25) is 4.79 Å². The van der Waals surface area contributed by atoms with Gasteiger partial charge in [0.1, 0.15) is 6.54 Å². The van der Waals surface area contributed by atoms with Gasteiger partial charge < -0.3 is 15.6 Å². The van der Waals surface area contributed by atoms with Gasteiger partial charge in [0, 0.05) is 18.3 Å². The Balaban J connectivity index is 1.90. The Morgan fingerprint density at radius 1 is 1.33 bits per heavy atom. The van der Waals surface area contributed by atoms with E-state index >= 15 is 0 Å². The highest BCUT2D eigenvalue weighted by Gasteiger charge is 2.04. The predicted octanol–water partition coefficient (Wildman–Crippen LogP) is 1.02. The first kappa shape index (κ1) is 12.3. The lowest BCUT2D eigenvalue weighted by atomic mass is 10.3. The molecule has 0 bridgehead atoms. The van der Waals surface area contributed by atoms with Gasteiger partial charge in [0.15, 0.2) is 0 Å². The number of anilines is 1. The molecule has 0 aliphatic rings. The van der Waals surface area contributed by atoms with Crippen LogP contribution in [-0.2, 0) is 17.8 Å². The number of rotatable bonds is 5. The van der Waals surface area contributed by atoms with Crippen molar-refractivity contribution in [3.63, 3.8) is 0 Å². The van der Waals surface area contributed by atoms with Crippen molar-refractivity contribution in [2.75, 3.05) is 11.9 Å². The lowest BCUT2D eigenvalue weighted by Gasteiger charge is -2.05. The molecule has 1 aromatic carbocycles. The summed E-state index contributed by atoms with van der Waals surface area (Å²) in [6.07, 6.45) is 4.22. The van der Waals surface area contributed by atoms with Gasteiger partial charge in [0.2, 0.25) is 5.91 Å². The average molecular weight is 244 g/mol. The van der Waals surface area contributed by atoms with Crippen LogP contribution >= 0.6 is 0 Å². The molecule has 2 aromatic rings. The van der Waals surface area contributed by atoms with E-state index in [0.717, 1.165) is 17.8 Å². The molecule has 0 unspecified atom stereocenters. The number of benzene rings is 1. The second-order valence-electron chi connectivity index (χ2n) is 3.99. The molecule has 0 fully saturated rings. The second kappa shape index (κ2) is 5.97. The SMILES string of the molecule is NCCc1cn(CC(=O)Nc2ccccc2)cn1. The smallest absolute Gasteiger partial charge is 0.244 e. The number of imidazole rings is 1. The van der Waals surface area contributed by atoms with Crippen LogP contribution in [-0.4, -0.2) is 22.0 Å². The molecular formula is C13H16N4O. The number of carbonyl (C=O) groups is 1. The number of amides is 1. The first-order valence-electron chi connectivity index (χ1n) is 5.83. The van der Waals surface area contributed by atoms with E-state index in [9.17, 15) is 4.79 Å². The van der Waals surface area contributed by atoms with E-state index in [2.05, 4.69) is 10.3 Å². The maximum Gasteiger partial charge on any atom is 0.244 e. The molecule has 94 valence electrons. The first-order valence-corrected chi connectivity index (χ1v) is 5.83. The Morgan fingerprint density at radius 3 is 2.83 bits per heavy atom. The van der Waals surface area contributed by atoms with Crippen molar-refractivity contribution in [3.05, 3.63) is 48.5 Å². The van der Waals surface area contributed by atoms with Crippen LogP contribution in [0.4, 0.5) is 5.69 Å². The van der Waals surface area contributed by atoms with Gasteiger partial charge in [-0.15, -0.1) is 0 Å². The van der Waals surface area contributed by atoms with Crippen molar-refractivity contribution in [2.45, 2.75) is 13.0 Å². The predicted molar refractivity (Wildman–Crippen MR) is 70.1 cm³/mol. The van der Waals surface area contributed by atoms with E-state index < -0.39 is 0 Å². The summed E-state index contributed by atoms with van der Waals surface area (Å²) >= 11 is 0. The van der Waals surface area contributed by atoms with Crippen molar-refractivity contribution in [1.29, 1.82) is 0 Å². The third-order valence-electron chi connectivity index (χ3n) is 2.47. The molecule has 0 aliphatic carbocycles. The molecule has 5 nitrogen and oxygen atoms in total. The molecule has 3 N–H and O–H groups in total. The van der Waals surface area contributed by atoms with Gasteiger partial charge in [0.05, 0.1) is 12.0 Å². The van der Waals surface area contributed by atoms with Crippen molar-refractivity contribution in [1.82, 2.24) is 9.55 Å². The standard InChI is InChI=1S/C13H16N4O/c14-7-6-12-8-17(10-15-12)9-13(18)16-11-4-2-1-3-5-11/h1-5,8,10H,6-7,9,14H2,(H,16,18). The van der Waals surface area contributed by atoms with Gasteiger partial charge in [-0.25, -0.2) is 4.98 Å². The molecule has 0 saturated heterocycles. The fourth-order valence-electron chi connectivity index (χ4n) is 1.66. The van der Waals surface area contributed by atoms with Gasteiger partial charge in [-0.2, -0.15) is 0 Å². The summed E-state index contributed by atoms with van der Waals surface area (Å²) in [5, 5.41) is 2.82. The minimum absolute atomic E-state index is 0.0714. The zero-order chi connectivity index (χ0) is 12.8. The summed E-state index contributed by atoms with van der Waals surface area (Å²) in [6, 6.07) is 9.38. The number of carbonyl (C=O) groups excluding carboxylic acids is 1. The van der Waals surface area contributed by atoms with Crippen molar-refractivity contribution < 1.29 is 4.79 Å². The minimum Gasteiger partial charge on any atom is -0.330 e.